The molecule has 1 heterocycles. The lowest BCUT2D eigenvalue weighted by molar-refractivity contribution is 0.157. The molecule has 1 rings (SSSR count). The van der Waals surface area contributed by atoms with Crippen molar-refractivity contribution < 1.29 is 5.11 Å². The first-order valence-electron chi connectivity index (χ1n) is 3.26. The predicted octanol–water partition coefficient (Wildman–Crippen LogP) is 0.119. The van der Waals surface area contributed by atoms with Gasteiger partial charge < -0.3 is 10.4 Å². The second-order valence-electron chi connectivity index (χ2n) is 2.32. The number of hydrogen-bond donors (Lipinski definition) is 2. The molecule has 2 nitrogen and oxygen atoms in total. The Hall–Kier alpha value is -0.0800. The fourth-order valence-corrected chi connectivity index (χ4v) is 1.17. The van der Waals surface area contributed by atoms with Crippen molar-refractivity contribution in [3.63, 3.8) is 0 Å². The Bertz CT molecular complexity index is 74.9. The van der Waals surface area contributed by atoms with Crippen LogP contribution < -0.4 is 5.32 Å². The Morgan fingerprint density at radius 2 is 2.50 bits per heavy atom. The molecule has 1 aliphatic heterocycles. The molecule has 8 heavy (non-hydrogen) atoms. The zero-order valence-corrected chi connectivity index (χ0v) is 5.22. The number of rotatable bonds is 1. The Labute approximate surface area is 49.9 Å². The SMILES string of the molecule is CC[C@H]1NCC[C@@H]1O. The van der Waals surface area contributed by atoms with Crippen molar-refractivity contribution >= 4 is 0 Å². The Balaban J connectivity index is 2.30. The fourth-order valence-electron chi connectivity index (χ4n) is 1.17. The Kier molecular flexibility index (Phi) is 1.86. The third-order valence-corrected chi connectivity index (χ3v) is 1.75. The van der Waals surface area contributed by atoms with Crippen molar-refractivity contribution in [2.45, 2.75) is 31.9 Å². The maximum atomic E-state index is 9.13. The fraction of sp³-hybridized carbons (Fsp3) is 1.00. The summed E-state index contributed by atoms with van der Waals surface area (Å²) >= 11 is 0. The van der Waals surface area contributed by atoms with E-state index in [1.165, 1.54) is 0 Å². The lowest BCUT2D eigenvalue weighted by Gasteiger charge is -2.09. The van der Waals surface area contributed by atoms with E-state index in [0.717, 1.165) is 19.4 Å². The quantitative estimate of drug-likeness (QED) is 0.508. The molecule has 0 radical (unpaired) electrons. The second-order valence-corrected chi connectivity index (χ2v) is 2.32. The molecule has 2 N–H and O–H groups in total. The van der Waals surface area contributed by atoms with E-state index in [1.807, 2.05) is 0 Å². The number of nitrogens with one attached hydrogen (secondary N) is 1. The first kappa shape index (κ1) is 6.05. The van der Waals surface area contributed by atoms with Crippen molar-refractivity contribution in [1.82, 2.24) is 5.32 Å². The van der Waals surface area contributed by atoms with Crippen LogP contribution in [-0.4, -0.2) is 23.8 Å². The molecule has 2 heteroatoms. The molecule has 48 valence electrons. The molecular weight excluding hydrogens is 102 g/mol. The molecule has 0 aliphatic carbocycles. The number of aliphatic hydroxyl groups is 1. The average Bonchev–Trinajstić information content (AvgIpc) is 2.14. The highest BCUT2D eigenvalue weighted by Gasteiger charge is 2.21. The van der Waals surface area contributed by atoms with E-state index in [4.69, 9.17) is 5.11 Å². The van der Waals surface area contributed by atoms with Crippen molar-refractivity contribution in [2.75, 3.05) is 6.54 Å². The molecule has 0 saturated carbocycles. The van der Waals surface area contributed by atoms with E-state index in [1.54, 1.807) is 0 Å². The first-order chi connectivity index (χ1) is 3.84. The predicted molar refractivity (Wildman–Crippen MR) is 32.7 cm³/mol. The topological polar surface area (TPSA) is 32.3 Å². The van der Waals surface area contributed by atoms with Crippen LogP contribution in [0, 0.1) is 0 Å². The van der Waals surface area contributed by atoms with E-state index in [2.05, 4.69) is 12.2 Å². The maximum absolute atomic E-state index is 9.13. The third kappa shape index (κ3) is 1.01. The zero-order chi connectivity index (χ0) is 5.98. The zero-order valence-electron chi connectivity index (χ0n) is 5.22. The van der Waals surface area contributed by atoms with E-state index < -0.39 is 0 Å². The maximum Gasteiger partial charge on any atom is 0.0705 e. The molecule has 1 fully saturated rings. The van der Waals surface area contributed by atoms with Crippen LogP contribution in [-0.2, 0) is 0 Å². The summed E-state index contributed by atoms with van der Waals surface area (Å²) in [6, 6.07) is 0.370. The van der Waals surface area contributed by atoms with Gasteiger partial charge in [-0.2, -0.15) is 0 Å². The van der Waals surface area contributed by atoms with Gasteiger partial charge in [-0.05, 0) is 19.4 Å². The van der Waals surface area contributed by atoms with Crippen LogP contribution in [0.1, 0.15) is 19.8 Å². The molecule has 1 saturated heterocycles. The largest absolute Gasteiger partial charge is 0.391 e. The highest BCUT2D eigenvalue weighted by atomic mass is 16.3. The molecule has 0 aromatic rings. The summed E-state index contributed by atoms with van der Waals surface area (Å²) in [6.07, 6.45) is 1.89. The molecule has 0 bridgehead atoms. The summed E-state index contributed by atoms with van der Waals surface area (Å²) in [5.74, 6) is 0. The van der Waals surface area contributed by atoms with E-state index in [0.29, 0.717) is 6.04 Å². The summed E-state index contributed by atoms with van der Waals surface area (Å²) in [4.78, 5) is 0. The van der Waals surface area contributed by atoms with Gasteiger partial charge in [0.2, 0.25) is 0 Å². The van der Waals surface area contributed by atoms with Gasteiger partial charge in [0.15, 0.2) is 0 Å². The second kappa shape index (κ2) is 2.46. The molecule has 0 aromatic heterocycles. The summed E-state index contributed by atoms with van der Waals surface area (Å²) in [7, 11) is 0. The lowest BCUT2D eigenvalue weighted by Crippen LogP contribution is -2.28. The normalized spacial score (nSPS) is 38.2. The van der Waals surface area contributed by atoms with Gasteiger partial charge in [-0.15, -0.1) is 0 Å². The van der Waals surface area contributed by atoms with E-state index >= 15 is 0 Å². The molecular formula is C6H13NO. The highest BCUT2D eigenvalue weighted by Crippen LogP contribution is 2.08. The first-order valence-corrected chi connectivity index (χ1v) is 3.26. The number of hydrogen-bond acceptors (Lipinski definition) is 2. The van der Waals surface area contributed by atoms with Gasteiger partial charge in [-0.1, -0.05) is 6.92 Å². The molecule has 0 amide bonds. The molecule has 2 atom stereocenters. The minimum Gasteiger partial charge on any atom is -0.391 e. The molecule has 0 aromatic carbocycles. The van der Waals surface area contributed by atoms with Gasteiger partial charge in [0.05, 0.1) is 6.10 Å². The average molecular weight is 115 g/mol. The van der Waals surface area contributed by atoms with Crippen LogP contribution in [0.15, 0.2) is 0 Å². The van der Waals surface area contributed by atoms with Gasteiger partial charge >= 0.3 is 0 Å². The summed E-state index contributed by atoms with van der Waals surface area (Å²) in [6.45, 7) is 3.08. The lowest BCUT2D eigenvalue weighted by atomic mass is 10.1. The standard InChI is InChI=1S/C6H13NO/c1-2-5-6(8)3-4-7-5/h5-8H,2-4H2,1H3/t5-,6+/m1/s1. The van der Waals surface area contributed by atoms with Crippen LogP contribution >= 0.6 is 0 Å². The minimum absolute atomic E-state index is 0.0833. The van der Waals surface area contributed by atoms with E-state index in [-0.39, 0.29) is 6.10 Å². The molecule has 0 unspecified atom stereocenters. The molecule has 1 aliphatic rings. The van der Waals surface area contributed by atoms with E-state index in [9.17, 15) is 0 Å². The Morgan fingerprint density at radius 3 is 2.75 bits per heavy atom. The molecule has 0 spiro atoms. The van der Waals surface area contributed by atoms with Gasteiger partial charge in [-0.25, -0.2) is 0 Å². The van der Waals surface area contributed by atoms with Crippen LogP contribution in [0.2, 0.25) is 0 Å². The highest BCUT2D eigenvalue weighted by molar-refractivity contribution is 4.81. The van der Waals surface area contributed by atoms with Crippen molar-refractivity contribution in [3.05, 3.63) is 0 Å². The summed E-state index contributed by atoms with van der Waals surface area (Å²) < 4.78 is 0. The Morgan fingerprint density at radius 1 is 1.75 bits per heavy atom. The summed E-state index contributed by atoms with van der Waals surface area (Å²) in [5.41, 5.74) is 0. The van der Waals surface area contributed by atoms with Crippen molar-refractivity contribution in [1.29, 1.82) is 0 Å². The van der Waals surface area contributed by atoms with Gasteiger partial charge in [0, 0.05) is 6.04 Å². The van der Waals surface area contributed by atoms with Gasteiger partial charge in [-0.3, -0.25) is 0 Å². The van der Waals surface area contributed by atoms with Crippen molar-refractivity contribution in [3.8, 4) is 0 Å². The van der Waals surface area contributed by atoms with Crippen LogP contribution in [0.25, 0.3) is 0 Å². The van der Waals surface area contributed by atoms with Gasteiger partial charge in [0.25, 0.3) is 0 Å². The summed E-state index contributed by atoms with van der Waals surface area (Å²) in [5, 5.41) is 12.3. The van der Waals surface area contributed by atoms with Crippen LogP contribution in [0.4, 0.5) is 0 Å². The monoisotopic (exact) mass is 115 g/mol. The minimum atomic E-state index is -0.0833. The van der Waals surface area contributed by atoms with Gasteiger partial charge in [0.1, 0.15) is 0 Å². The van der Waals surface area contributed by atoms with Crippen LogP contribution in [0.5, 0.6) is 0 Å². The smallest absolute Gasteiger partial charge is 0.0705 e. The third-order valence-electron chi connectivity index (χ3n) is 1.75. The van der Waals surface area contributed by atoms with Crippen molar-refractivity contribution in [2.24, 2.45) is 0 Å². The van der Waals surface area contributed by atoms with Crippen LogP contribution in [0.3, 0.4) is 0 Å². The number of aliphatic hydroxyl groups excluding tert-OH is 1.